The second kappa shape index (κ2) is 5.83. The van der Waals surface area contributed by atoms with E-state index in [0.29, 0.717) is 12.1 Å². The molecule has 0 N–H and O–H groups in total. The first-order valence-electron chi connectivity index (χ1n) is 7.11. The third kappa shape index (κ3) is 2.97. The zero-order chi connectivity index (χ0) is 13.2. The van der Waals surface area contributed by atoms with Crippen molar-refractivity contribution in [3.05, 3.63) is 10.0 Å². The lowest BCUT2D eigenvalue weighted by atomic mass is 9.99. The molecule has 19 heavy (non-hydrogen) atoms. The average molecular weight is 282 g/mol. The van der Waals surface area contributed by atoms with Crippen molar-refractivity contribution in [3.63, 3.8) is 0 Å². The minimum Gasteiger partial charge on any atom is -0.375 e. The predicted octanol–water partition coefficient (Wildman–Crippen LogP) is 1.01. The van der Waals surface area contributed by atoms with E-state index in [4.69, 9.17) is 4.74 Å². The van der Waals surface area contributed by atoms with E-state index < -0.39 is 0 Å². The Kier molecular flexibility index (Phi) is 4.12. The number of morpholine rings is 1. The van der Waals surface area contributed by atoms with Crippen LogP contribution in [0.5, 0.6) is 0 Å². The van der Waals surface area contributed by atoms with Crippen molar-refractivity contribution in [2.45, 2.75) is 38.5 Å². The third-order valence-corrected chi connectivity index (χ3v) is 5.10. The van der Waals surface area contributed by atoms with Crippen molar-refractivity contribution < 1.29 is 4.74 Å². The molecule has 0 bridgehead atoms. The van der Waals surface area contributed by atoms with Crippen molar-refractivity contribution in [2.75, 3.05) is 33.3 Å². The van der Waals surface area contributed by atoms with Gasteiger partial charge in [0.15, 0.2) is 0 Å². The van der Waals surface area contributed by atoms with Crippen LogP contribution in [0.2, 0.25) is 0 Å². The molecular formula is C13H22N4OS. The van der Waals surface area contributed by atoms with Gasteiger partial charge in [-0.05, 0) is 19.9 Å². The minimum atomic E-state index is 0.406. The standard InChI is InChI=1S/C13H22N4OS/c1-3-12-14-15-13(19-12)9-17-6-7-18-11-4-5-16(2)8-10(11)17/h10-11H,3-9H2,1-2H3/t10-,11-/m1/s1. The van der Waals surface area contributed by atoms with Crippen LogP contribution in [0.25, 0.3) is 0 Å². The quantitative estimate of drug-likeness (QED) is 0.827. The maximum absolute atomic E-state index is 5.92. The van der Waals surface area contributed by atoms with Crippen LogP contribution in [0, 0.1) is 0 Å². The molecule has 2 aliphatic rings. The van der Waals surface area contributed by atoms with E-state index >= 15 is 0 Å². The molecule has 0 saturated carbocycles. The van der Waals surface area contributed by atoms with Crippen LogP contribution in [0.15, 0.2) is 0 Å². The maximum atomic E-state index is 5.92. The molecule has 2 aliphatic heterocycles. The highest BCUT2D eigenvalue weighted by molar-refractivity contribution is 7.11. The fourth-order valence-electron chi connectivity index (χ4n) is 2.97. The van der Waals surface area contributed by atoms with Gasteiger partial charge in [0, 0.05) is 25.7 Å². The van der Waals surface area contributed by atoms with Crippen LogP contribution in [0.3, 0.4) is 0 Å². The lowest BCUT2D eigenvalue weighted by molar-refractivity contribution is -0.103. The molecule has 0 aliphatic carbocycles. The minimum absolute atomic E-state index is 0.406. The molecule has 5 nitrogen and oxygen atoms in total. The maximum Gasteiger partial charge on any atom is 0.131 e. The van der Waals surface area contributed by atoms with Crippen LogP contribution in [0.1, 0.15) is 23.4 Å². The van der Waals surface area contributed by atoms with E-state index in [0.717, 1.165) is 55.6 Å². The number of likely N-dealkylation sites (tertiary alicyclic amines) is 1. The van der Waals surface area contributed by atoms with Gasteiger partial charge in [-0.2, -0.15) is 0 Å². The van der Waals surface area contributed by atoms with Crippen LogP contribution in [0.4, 0.5) is 0 Å². The van der Waals surface area contributed by atoms with E-state index in [-0.39, 0.29) is 0 Å². The number of rotatable bonds is 3. The van der Waals surface area contributed by atoms with Gasteiger partial charge < -0.3 is 9.64 Å². The molecule has 0 spiro atoms. The Morgan fingerprint density at radius 2 is 2.16 bits per heavy atom. The molecule has 0 aromatic carbocycles. The molecule has 2 saturated heterocycles. The van der Waals surface area contributed by atoms with Crippen LogP contribution in [-0.2, 0) is 17.7 Å². The van der Waals surface area contributed by atoms with Crippen molar-refractivity contribution >= 4 is 11.3 Å². The molecule has 1 aromatic heterocycles. The second-order valence-electron chi connectivity index (χ2n) is 5.44. The molecule has 3 heterocycles. The van der Waals surface area contributed by atoms with E-state index in [1.807, 2.05) is 0 Å². The van der Waals surface area contributed by atoms with Gasteiger partial charge in [-0.25, -0.2) is 0 Å². The summed E-state index contributed by atoms with van der Waals surface area (Å²) in [6.07, 6.45) is 2.53. The number of piperidine rings is 1. The van der Waals surface area contributed by atoms with E-state index in [2.05, 4.69) is 34.0 Å². The Bertz CT molecular complexity index is 425. The third-order valence-electron chi connectivity index (χ3n) is 4.05. The molecule has 3 rings (SSSR count). The number of likely N-dealkylation sites (N-methyl/N-ethyl adjacent to an activating group) is 1. The average Bonchev–Trinajstić information content (AvgIpc) is 2.87. The first-order valence-corrected chi connectivity index (χ1v) is 7.93. The number of hydrogen-bond donors (Lipinski definition) is 0. The summed E-state index contributed by atoms with van der Waals surface area (Å²) in [4.78, 5) is 4.93. The number of fused-ring (bicyclic) bond motifs is 1. The fraction of sp³-hybridized carbons (Fsp3) is 0.846. The summed E-state index contributed by atoms with van der Waals surface area (Å²) < 4.78 is 5.92. The van der Waals surface area contributed by atoms with Gasteiger partial charge in [0.25, 0.3) is 0 Å². The Hall–Kier alpha value is -0.560. The van der Waals surface area contributed by atoms with E-state index in [1.54, 1.807) is 11.3 Å². The topological polar surface area (TPSA) is 41.5 Å². The predicted molar refractivity (Wildman–Crippen MR) is 75.3 cm³/mol. The van der Waals surface area contributed by atoms with E-state index in [1.165, 1.54) is 0 Å². The Morgan fingerprint density at radius 3 is 2.95 bits per heavy atom. The Morgan fingerprint density at radius 1 is 1.32 bits per heavy atom. The summed E-state index contributed by atoms with van der Waals surface area (Å²) in [7, 11) is 2.20. The van der Waals surface area contributed by atoms with Crippen LogP contribution < -0.4 is 0 Å². The largest absolute Gasteiger partial charge is 0.375 e. The summed E-state index contributed by atoms with van der Waals surface area (Å²) in [5.74, 6) is 0. The first kappa shape index (κ1) is 13.4. The van der Waals surface area contributed by atoms with Gasteiger partial charge in [0.2, 0.25) is 0 Å². The number of aromatic nitrogens is 2. The number of nitrogens with zero attached hydrogens (tertiary/aromatic N) is 4. The Labute approximate surface area is 118 Å². The summed E-state index contributed by atoms with van der Waals surface area (Å²) >= 11 is 1.75. The zero-order valence-electron chi connectivity index (χ0n) is 11.7. The zero-order valence-corrected chi connectivity index (χ0v) is 12.5. The fourth-order valence-corrected chi connectivity index (χ4v) is 3.78. The highest BCUT2D eigenvalue weighted by Crippen LogP contribution is 2.24. The molecule has 0 amide bonds. The summed E-state index contributed by atoms with van der Waals surface area (Å²) in [5.41, 5.74) is 0. The lowest BCUT2D eigenvalue weighted by Crippen LogP contribution is -2.58. The summed E-state index contributed by atoms with van der Waals surface area (Å²) in [5, 5.41) is 10.8. The molecule has 2 atom stereocenters. The highest BCUT2D eigenvalue weighted by Gasteiger charge is 2.36. The molecule has 0 radical (unpaired) electrons. The van der Waals surface area contributed by atoms with Crippen molar-refractivity contribution in [3.8, 4) is 0 Å². The summed E-state index contributed by atoms with van der Waals surface area (Å²) in [6.45, 7) is 7.17. The highest BCUT2D eigenvalue weighted by atomic mass is 32.1. The van der Waals surface area contributed by atoms with Crippen LogP contribution >= 0.6 is 11.3 Å². The van der Waals surface area contributed by atoms with Crippen molar-refractivity contribution in [2.24, 2.45) is 0 Å². The molecule has 1 aromatic rings. The summed E-state index contributed by atoms with van der Waals surface area (Å²) in [6, 6.07) is 0.515. The SMILES string of the molecule is CCc1nnc(CN2CCO[C@@H]3CCN(C)C[C@H]32)s1. The van der Waals surface area contributed by atoms with Gasteiger partial charge in [-0.1, -0.05) is 6.92 Å². The molecule has 0 unspecified atom stereocenters. The number of hydrogen-bond acceptors (Lipinski definition) is 6. The monoisotopic (exact) mass is 282 g/mol. The second-order valence-corrected chi connectivity index (χ2v) is 6.59. The normalized spacial score (nSPS) is 29.4. The smallest absolute Gasteiger partial charge is 0.131 e. The Balaban J connectivity index is 1.68. The first-order chi connectivity index (χ1) is 9.26. The molecule has 6 heteroatoms. The van der Waals surface area contributed by atoms with Gasteiger partial charge in [0.1, 0.15) is 10.0 Å². The van der Waals surface area contributed by atoms with Crippen LogP contribution in [-0.4, -0.2) is 65.4 Å². The van der Waals surface area contributed by atoms with Gasteiger partial charge in [-0.15, -0.1) is 21.5 Å². The van der Waals surface area contributed by atoms with Crippen molar-refractivity contribution in [1.82, 2.24) is 20.0 Å². The molecular weight excluding hydrogens is 260 g/mol. The number of aryl methyl sites for hydroxylation is 1. The number of ether oxygens (including phenoxy) is 1. The lowest BCUT2D eigenvalue weighted by Gasteiger charge is -2.46. The van der Waals surface area contributed by atoms with E-state index in [9.17, 15) is 0 Å². The molecule has 106 valence electrons. The van der Waals surface area contributed by atoms with Gasteiger partial charge >= 0.3 is 0 Å². The van der Waals surface area contributed by atoms with Crippen molar-refractivity contribution in [1.29, 1.82) is 0 Å². The molecule has 2 fully saturated rings. The van der Waals surface area contributed by atoms with Gasteiger partial charge in [0.05, 0.1) is 19.3 Å². The van der Waals surface area contributed by atoms with Gasteiger partial charge in [-0.3, -0.25) is 4.90 Å².